The van der Waals surface area contributed by atoms with Crippen LogP contribution in [0, 0.1) is 0 Å². The van der Waals surface area contributed by atoms with Gasteiger partial charge in [-0.15, -0.1) is 0 Å². The second kappa shape index (κ2) is 9.11. The highest BCUT2D eigenvalue weighted by Gasteiger charge is 2.08. The average molecular weight is 211 g/mol. The van der Waals surface area contributed by atoms with Gasteiger partial charge in [-0.1, -0.05) is 6.07 Å². The largest absolute Gasteiger partial charge is 0.480 e. The zero-order valence-electron chi connectivity index (χ0n) is 8.54. The maximum atomic E-state index is 10.0. The molecule has 0 bridgehead atoms. The number of nitrogens with zero attached hydrogens (tertiary/aromatic N) is 1. The summed E-state index contributed by atoms with van der Waals surface area (Å²) in [6, 6.07) is 4.97. The van der Waals surface area contributed by atoms with Gasteiger partial charge in [-0.05, 0) is 31.5 Å². The quantitative estimate of drug-likeness (QED) is 0.661. The lowest BCUT2D eigenvalue weighted by Gasteiger charge is -2.02. The number of pyridine rings is 1. The van der Waals surface area contributed by atoms with E-state index in [1.807, 2.05) is 18.2 Å². The van der Waals surface area contributed by atoms with Crippen LogP contribution >= 0.6 is 0 Å². The molecule has 15 heavy (non-hydrogen) atoms. The smallest absolute Gasteiger partial charge is 0.320 e. The molecular weight excluding hydrogens is 194 g/mol. The number of carboxylic acid groups (broad SMARTS) is 1. The lowest BCUT2D eigenvalue weighted by molar-refractivity contribution is -0.138. The number of nitrogens with two attached hydrogens (primary N) is 2. The van der Waals surface area contributed by atoms with Crippen LogP contribution in [0.3, 0.4) is 0 Å². The van der Waals surface area contributed by atoms with E-state index in [1.54, 1.807) is 12.4 Å². The molecule has 0 aliphatic rings. The average Bonchev–Trinajstić information content (AvgIpc) is 2.29. The summed E-state index contributed by atoms with van der Waals surface area (Å²) in [6.45, 7) is 0.501. The van der Waals surface area contributed by atoms with Crippen molar-refractivity contribution in [3.05, 3.63) is 30.6 Å². The fraction of sp³-hybridized carbons (Fsp3) is 0.400. The van der Waals surface area contributed by atoms with E-state index in [0.29, 0.717) is 19.4 Å². The first kappa shape index (κ1) is 13.5. The molecule has 5 nitrogen and oxygen atoms in total. The highest BCUT2D eigenvalue weighted by molar-refractivity contribution is 5.72. The molecule has 0 amide bonds. The van der Waals surface area contributed by atoms with E-state index in [9.17, 15) is 4.79 Å². The van der Waals surface area contributed by atoms with E-state index in [-0.39, 0.29) is 0 Å². The van der Waals surface area contributed by atoms with Crippen LogP contribution in [0.2, 0.25) is 0 Å². The Hall–Kier alpha value is -1.46. The summed E-state index contributed by atoms with van der Waals surface area (Å²) in [5, 5.41) is 8.24. The minimum absolute atomic E-state index is 0.464. The van der Waals surface area contributed by atoms with Gasteiger partial charge >= 0.3 is 5.97 Å². The van der Waals surface area contributed by atoms with Crippen molar-refractivity contribution < 1.29 is 9.90 Å². The van der Waals surface area contributed by atoms with Gasteiger partial charge in [0.05, 0.1) is 0 Å². The number of hydrogen-bond acceptors (Lipinski definition) is 4. The Labute approximate surface area is 89.1 Å². The number of carbonyl (C=O) groups is 1. The molecular formula is C10H17N3O2. The van der Waals surface area contributed by atoms with Crippen molar-refractivity contribution in [2.45, 2.75) is 18.9 Å². The summed E-state index contributed by atoms with van der Waals surface area (Å²) in [5.41, 5.74) is 10.3. The van der Waals surface area contributed by atoms with Crippen molar-refractivity contribution in [2.75, 3.05) is 6.54 Å². The zero-order chi connectivity index (χ0) is 11.5. The van der Waals surface area contributed by atoms with Gasteiger partial charge in [0.25, 0.3) is 0 Å². The Morgan fingerprint density at radius 2 is 1.93 bits per heavy atom. The fourth-order valence-electron chi connectivity index (χ4n) is 0.774. The minimum Gasteiger partial charge on any atom is -0.480 e. The summed E-state index contributed by atoms with van der Waals surface area (Å²) in [7, 11) is 0. The summed E-state index contributed by atoms with van der Waals surface area (Å²) in [4.78, 5) is 13.8. The van der Waals surface area contributed by atoms with Crippen LogP contribution in [0.1, 0.15) is 12.8 Å². The normalized spacial score (nSPS) is 11.1. The summed E-state index contributed by atoms with van der Waals surface area (Å²) >= 11 is 0. The van der Waals surface area contributed by atoms with E-state index in [4.69, 9.17) is 16.6 Å². The summed E-state index contributed by atoms with van der Waals surface area (Å²) in [6.07, 6.45) is 4.64. The van der Waals surface area contributed by atoms with Crippen molar-refractivity contribution in [1.29, 1.82) is 0 Å². The number of aliphatic carboxylic acids is 1. The molecule has 84 valence electrons. The van der Waals surface area contributed by atoms with Crippen molar-refractivity contribution in [3.63, 3.8) is 0 Å². The highest BCUT2D eigenvalue weighted by Crippen LogP contribution is 1.91. The third kappa shape index (κ3) is 8.86. The van der Waals surface area contributed by atoms with Crippen LogP contribution < -0.4 is 11.5 Å². The summed E-state index contributed by atoms with van der Waals surface area (Å²) < 4.78 is 0. The molecule has 0 aliphatic heterocycles. The standard InChI is InChI=1S/C5H12N2O2.C5H5N/c6-3-1-2-4(7)5(8)9;1-2-4-6-5-3-1/h4H,1-3,6-7H2,(H,8,9);1-5H/t4-;/m0./s1. The van der Waals surface area contributed by atoms with Crippen LogP contribution in [0.4, 0.5) is 0 Å². The predicted octanol–water partition coefficient (Wildman–Crippen LogP) is 0.219. The maximum Gasteiger partial charge on any atom is 0.320 e. The van der Waals surface area contributed by atoms with Gasteiger partial charge in [0.1, 0.15) is 6.04 Å². The topological polar surface area (TPSA) is 102 Å². The Balaban J connectivity index is 0.000000280. The molecule has 1 heterocycles. The van der Waals surface area contributed by atoms with E-state index < -0.39 is 12.0 Å². The fourth-order valence-corrected chi connectivity index (χ4v) is 0.774. The van der Waals surface area contributed by atoms with Crippen molar-refractivity contribution in [1.82, 2.24) is 4.98 Å². The van der Waals surface area contributed by atoms with Gasteiger partial charge in [-0.3, -0.25) is 9.78 Å². The monoisotopic (exact) mass is 211 g/mol. The van der Waals surface area contributed by atoms with E-state index in [1.165, 1.54) is 0 Å². The van der Waals surface area contributed by atoms with Crippen molar-refractivity contribution >= 4 is 5.97 Å². The van der Waals surface area contributed by atoms with Gasteiger partial charge in [-0.2, -0.15) is 0 Å². The lowest BCUT2D eigenvalue weighted by Crippen LogP contribution is -2.30. The first-order valence-corrected chi connectivity index (χ1v) is 4.72. The predicted molar refractivity (Wildman–Crippen MR) is 58.1 cm³/mol. The molecule has 5 N–H and O–H groups in total. The second-order valence-electron chi connectivity index (χ2n) is 2.90. The Bertz CT molecular complexity index is 227. The van der Waals surface area contributed by atoms with Gasteiger partial charge in [0.2, 0.25) is 0 Å². The molecule has 1 atom stereocenters. The molecule has 1 aromatic heterocycles. The lowest BCUT2D eigenvalue weighted by atomic mass is 10.2. The minimum atomic E-state index is -0.955. The molecule has 0 fully saturated rings. The Morgan fingerprint density at radius 1 is 1.33 bits per heavy atom. The molecule has 0 aliphatic carbocycles. The van der Waals surface area contributed by atoms with Crippen LogP contribution in [0.25, 0.3) is 0 Å². The third-order valence-corrected chi connectivity index (χ3v) is 1.60. The summed E-state index contributed by atoms with van der Waals surface area (Å²) in [5.74, 6) is -0.955. The third-order valence-electron chi connectivity index (χ3n) is 1.60. The van der Waals surface area contributed by atoms with Crippen molar-refractivity contribution in [3.8, 4) is 0 Å². The van der Waals surface area contributed by atoms with Crippen LogP contribution in [-0.4, -0.2) is 28.6 Å². The Morgan fingerprint density at radius 3 is 2.20 bits per heavy atom. The van der Waals surface area contributed by atoms with Gasteiger partial charge in [0.15, 0.2) is 0 Å². The van der Waals surface area contributed by atoms with Crippen LogP contribution in [0.15, 0.2) is 30.6 Å². The van der Waals surface area contributed by atoms with Gasteiger partial charge in [-0.25, -0.2) is 0 Å². The first-order chi connectivity index (χ1) is 7.18. The first-order valence-electron chi connectivity index (χ1n) is 4.72. The van der Waals surface area contributed by atoms with E-state index in [0.717, 1.165) is 0 Å². The van der Waals surface area contributed by atoms with Gasteiger partial charge in [0, 0.05) is 12.4 Å². The molecule has 0 aromatic carbocycles. The number of aromatic nitrogens is 1. The van der Waals surface area contributed by atoms with Gasteiger partial charge < -0.3 is 16.6 Å². The molecule has 1 aromatic rings. The molecule has 5 heteroatoms. The molecule has 1 rings (SSSR count). The second-order valence-corrected chi connectivity index (χ2v) is 2.90. The Kier molecular flexibility index (Phi) is 8.22. The molecule has 0 saturated heterocycles. The molecule has 0 spiro atoms. The maximum absolute atomic E-state index is 10.0. The van der Waals surface area contributed by atoms with E-state index in [2.05, 4.69) is 4.98 Å². The number of carboxylic acids is 1. The molecule has 0 saturated carbocycles. The number of rotatable bonds is 4. The molecule has 0 unspecified atom stereocenters. The van der Waals surface area contributed by atoms with E-state index >= 15 is 0 Å². The highest BCUT2D eigenvalue weighted by atomic mass is 16.4. The number of hydrogen-bond donors (Lipinski definition) is 3. The molecule has 0 radical (unpaired) electrons. The van der Waals surface area contributed by atoms with Crippen LogP contribution in [-0.2, 0) is 4.79 Å². The van der Waals surface area contributed by atoms with Crippen LogP contribution in [0.5, 0.6) is 0 Å². The SMILES string of the molecule is NCCC[C@H](N)C(=O)O.c1ccncc1. The zero-order valence-corrected chi connectivity index (χ0v) is 8.54. The van der Waals surface area contributed by atoms with Crippen molar-refractivity contribution in [2.24, 2.45) is 11.5 Å².